The lowest BCUT2D eigenvalue weighted by Crippen LogP contribution is -2.05. The molecule has 0 aliphatic rings. The molecular weight excluding hydrogens is 305 g/mol. The Bertz CT molecular complexity index is 682. The van der Waals surface area contributed by atoms with E-state index in [2.05, 4.69) is 5.16 Å². The molecule has 0 radical (unpaired) electrons. The number of alkyl halides is 3. The van der Waals surface area contributed by atoms with Gasteiger partial charge in [-0.05, 0) is 35.9 Å². The molecule has 0 atom stereocenters. The minimum Gasteiger partial charge on any atom is -0.391 e. The van der Waals surface area contributed by atoms with Crippen molar-refractivity contribution in [3.05, 3.63) is 70.8 Å². The maximum Gasteiger partial charge on any atom is 0.416 e. The number of hydrogen-bond acceptors (Lipinski definition) is 2. The van der Waals surface area contributed by atoms with Gasteiger partial charge in [0.1, 0.15) is 18.2 Å². The van der Waals surface area contributed by atoms with Gasteiger partial charge >= 0.3 is 6.18 Å². The van der Waals surface area contributed by atoms with E-state index in [1.807, 2.05) is 0 Å². The lowest BCUT2D eigenvalue weighted by molar-refractivity contribution is -0.137. The molecule has 2 aromatic carbocycles. The first-order valence-electron chi connectivity index (χ1n) is 6.13. The van der Waals surface area contributed by atoms with Gasteiger partial charge in [-0.1, -0.05) is 17.3 Å². The van der Waals surface area contributed by atoms with Crippen LogP contribution in [-0.4, -0.2) is 6.21 Å². The van der Waals surface area contributed by atoms with Crippen LogP contribution in [0.4, 0.5) is 22.0 Å². The summed E-state index contributed by atoms with van der Waals surface area (Å²) in [4.78, 5) is 4.77. The summed E-state index contributed by atoms with van der Waals surface area (Å²) in [5.41, 5.74) is -0.677. The highest BCUT2D eigenvalue weighted by atomic mass is 19.4. The van der Waals surface area contributed by atoms with Gasteiger partial charge in [0, 0.05) is 5.56 Å². The van der Waals surface area contributed by atoms with E-state index in [0.29, 0.717) is 0 Å². The third-order valence-corrected chi connectivity index (χ3v) is 2.72. The van der Waals surface area contributed by atoms with Gasteiger partial charge in [-0.2, -0.15) is 13.2 Å². The van der Waals surface area contributed by atoms with Crippen LogP contribution in [0.2, 0.25) is 0 Å². The highest BCUT2D eigenvalue weighted by molar-refractivity contribution is 5.79. The van der Waals surface area contributed by atoms with Gasteiger partial charge in [-0.3, -0.25) is 0 Å². The SMILES string of the molecule is Fc1ccc(F)c(CON=Cc2cccc(C(F)(F)F)c2)c1. The molecule has 0 aliphatic heterocycles. The van der Waals surface area contributed by atoms with E-state index in [0.717, 1.165) is 36.5 Å². The van der Waals surface area contributed by atoms with Gasteiger partial charge in [0.05, 0.1) is 11.8 Å². The van der Waals surface area contributed by atoms with Gasteiger partial charge in [-0.25, -0.2) is 8.78 Å². The number of rotatable bonds is 4. The Morgan fingerprint density at radius 1 is 1.05 bits per heavy atom. The van der Waals surface area contributed by atoms with Gasteiger partial charge in [0.2, 0.25) is 0 Å². The van der Waals surface area contributed by atoms with Gasteiger partial charge < -0.3 is 4.84 Å². The number of halogens is 5. The minimum atomic E-state index is -4.45. The summed E-state index contributed by atoms with van der Waals surface area (Å²) >= 11 is 0. The predicted molar refractivity (Wildman–Crippen MR) is 70.2 cm³/mol. The first-order valence-corrected chi connectivity index (χ1v) is 6.13. The van der Waals surface area contributed by atoms with Crippen molar-refractivity contribution >= 4 is 6.21 Å². The van der Waals surface area contributed by atoms with Gasteiger partial charge in [0.25, 0.3) is 0 Å². The summed E-state index contributed by atoms with van der Waals surface area (Å²) in [6, 6.07) is 7.33. The second kappa shape index (κ2) is 6.55. The molecule has 0 aliphatic carbocycles. The zero-order chi connectivity index (χ0) is 16.2. The van der Waals surface area contributed by atoms with E-state index >= 15 is 0 Å². The number of nitrogens with zero attached hydrogens (tertiary/aromatic N) is 1. The van der Waals surface area contributed by atoms with Crippen LogP contribution in [-0.2, 0) is 17.6 Å². The fourth-order valence-electron chi connectivity index (χ4n) is 1.65. The summed E-state index contributed by atoms with van der Waals surface area (Å²) < 4.78 is 63.7. The van der Waals surface area contributed by atoms with Crippen molar-refractivity contribution in [2.75, 3.05) is 0 Å². The van der Waals surface area contributed by atoms with E-state index in [4.69, 9.17) is 4.84 Å². The molecule has 7 heteroatoms. The molecule has 0 saturated carbocycles. The van der Waals surface area contributed by atoms with Crippen molar-refractivity contribution in [2.45, 2.75) is 12.8 Å². The Morgan fingerprint density at radius 2 is 1.82 bits per heavy atom. The zero-order valence-electron chi connectivity index (χ0n) is 11.1. The molecule has 0 fully saturated rings. The van der Waals surface area contributed by atoms with Crippen molar-refractivity contribution < 1.29 is 26.8 Å². The molecule has 0 spiro atoms. The van der Waals surface area contributed by atoms with E-state index in [1.165, 1.54) is 12.1 Å². The van der Waals surface area contributed by atoms with Gasteiger partial charge in [0.15, 0.2) is 0 Å². The van der Waals surface area contributed by atoms with Crippen molar-refractivity contribution in [1.29, 1.82) is 0 Å². The predicted octanol–water partition coefficient (Wildman–Crippen LogP) is 4.53. The topological polar surface area (TPSA) is 21.6 Å². The molecule has 0 unspecified atom stereocenters. The zero-order valence-corrected chi connectivity index (χ0v) is 11.1. The van der Waals surface area contributed by atoms with Crippen LogP contribution in [0.15, 0.2) is 47.6 Å². The lowest BCUT2D eigenvalue weighted by atomic mass is 10.1. The van der Waals surface area contributed by atoms with Crippen LogP contribution < -0.4 is 0 Å². The number of benzene rings is 2. The van der Waals surface area contributed by atoms with E-state index in [-0.39, 0.29) is 17.7 Å². The van der Waals surface area contributed by atoms with E-state index in [9.17, 15) is 22.0 Å². The number of oxime groups is 1. The summed E-state index contributed by atoms with van der Waals surface area (Å²) in [6.45, 7) is -0.334. The molecule has 0 aromatic heterocycles. The molecule has 0 saturated heterocycles. The first-order chi connectivity index (χ1) is 10.4. The number of hydrogen-bond donors (Lipinski definition) is 0. The third-order valence-electron chi connectivity index (χ3n) is 2.72. The van der Waals surface area contributed by atoms with Gasteiger partial charge in [-0.15, -0.1) is 0 Å². The summed E-state index contributed by atoms with van der Waals surface area (Å²) in [5.74, 6) is -1.28. The molecule has 0 bridgehead atoms. The average Bonchev–Trinajstić information content (AvgIpc) is 2.46. The van der Waals surface area contributed by atoms with E-state index in [1.54, 1.807) is 0 Å². The van der Waals surface area contributed by atoms with Crippen LogP contribution in [0.1, 0.15) is 16.7 Å². The van der Waals surface area contributed by atoms with Crippen molar-refractivity contribution in [2.24, 2.45) is 5.16 Å². The molecule has 2 nitrogen and oxygen atoms in total. The fraction of sp³-hybridized carbons (Fsp3) is 0.133. The fourth-order valence-corrected chi connectivity index (χ4v) is 1.65. The Morgan fingerprint density at radius 3 is 2.55 bits per heavy atom. The van der Waals surface area contributed by atoms with Crippen molar-refractivity contribution in [3.8, 4) is 0 Å². The molecule has 0 N–H and O–H groups in total. The van der Waals surface area contributed by atoms with Crippen LogP contribution in [0.5, 0.6) is 0 Å². The molecule has 0 amide bonds. The Labute approximate surface area is 122 Å². The van der Waals surface area contributed by atoms with Crippen molar-refractivity contribution in [1.82, 2.24) is 0 Å². The second-order valence-electron chi connectivity index (χ2n) is 4.37. The molecule has 22 heavy (non-hydrogen) atoms. The summed E-state index contributed by atoms with van der Waals surface area (Å²) in [7, 11) is 0. The van der Waals surface area contributed by atoms with Crippen molar-refractivity contribution in [3.63, 3.8) is 0 Å². The van der Waals surface area contributed by atoms with Crippen LogP contribution in [0.3, 0.4) is 0 Å². The summed E-state index contributed by atoms with van der Waals surface area (Å²) in [6.07, 6.45) is -3.39. The lowest BCUT2D eigenvalue weighted by Gasteiger charge is -2.06. The monoisotopic (exact) mass is 315 g/mol. The normalized spacial score (nSPS) is 11.9. The largest absolute Gasteiger partial charge is 0.416 e. The third kappa shape index (κ3) is 4.28. The Balaban J connectivity index is 2.00. The first kappa shape index (κ1) is 15.9. The Hall–Kier alpha value is -2.44. The van der Waals surface area contributed by atoms with Crippen LogP contribution in [0.25, 0.3) is 0 Å². The molecule has 116 valence electrons. The van der Waals surface area contributed by atoms with Crippen LogP contribution >= 0.6 is 0 Å². The maximum absolute atomic E-state index is 13.3. The molecule has 0 heterocycles. The standard InChI is InChI=1S/C15H10F5NO/c16-13-4-5-14(17)11(7-13)9-22-21-8-10-2-1-3-12(6-10)15(18,19)20/h1-8H,9H2. The Kier molecular flexibility index (Phi) is 4.75. The highest BCUT2D eigenvalue weighted by Crippen LogP contribution is 2.29. The molecular formula is C15H10F5NO. The molecule has 2 rings (SSSR count). The quantitative estimate of drug-likeness (QED) is 0.461. The highest BCUT2D eigenvalue weighted by Gasteiger charge is 2.30. The van der Waals surface area contributed by atoms with E-state index < -0.39 is 23.4 Å². The summed E-state index contributed by atoms with van der Waals surface area (Å²) in [5, 5.41) is 3.45. The minimum absolute atomic E-state index is 0.0406. The smallest absolute Gasteiger partial charge is 0.391 e. The van der Waals surface area contributed by atoms with Crippen LogP contribution in [0, 0.1) is 11.6 Å². The second-order valence-corrected chi connectivity index (χ2v) is 4.37. The maximum atomic E-state index is 13.3. The average molecular weight is 315 g/mol. The molecule has 2 aromatic rings.